The van der Waals surface area contributed by atoms with E-state index in [0.29, 0.717) is 11.7 Å². The largest absolute Gasteiger partial charge is 0.388 e. The van der Waals surface area contributed by atoms with Crippen LogP contribution in [-0.4, -0.2) is 43.5 Å². The van der Waals surface area contributed by atoms with Gasteiger partial charge in [0.1, 0.15) is 18.8 Å². The van der Waals surface area contributed by atoms with E-state index in [1.807, 2.05) is 6.07 Å². The minimum atomic E-state index is -0.106. The zero-order valence-corrected chi connectivity index (χ0v) is 13.6. The number of H-pyrrole nitrogens is 1. The summed E-state index contributed by atoms with van der Waals surface area (Å²) in [6.07, 6.45) is 4.40. The summed E-state index contributed by atoms with van der Waals surface area (Å²) in [5, 5.41) is 21.6. The van der Waals surface area contributed by atoms with Gasteiger partial charge in [-0.1, -0.05) is 12.1 Å². The van der Waals surface area contributed by atoms with Gasteiger partial charge in [0, 0.05) is 30.8 Å². The van der Waals surface area contributed by atoms with Gasteiger partial charge in [0.25, 0.3) is 0 Å². The molecular weight excluding hydrogens is 308 g/mol. The molecule has 1 fully saturated rings. The van der Waals surface area contributed by atoms with Crippen LogP contribution in [0.5, 0.6) is 0 Å². The predicted octanol–water partition coefficient (Wildman–Crippen LogP) is 1.78. The van der Waals surface area contributed by atoms with Crippen molar-refractivity contribution in [1.29, 1.82) is 0 Å². The quantitative estimate of drug-likeness (QED) is 0.752. The van der Waals surface area contributed by atoms with Gasteiger partial charge in [-0.25, -0.2) is 9.97 Å². The van der Waals surface area contributed by atoms with E-state index >= 15 is 0 Å². The average Bonchev–Trinajstić information content (AvgIpc) is 3.28. The first kappa shape index (κ1) is 15.1. The number of piperidine rings is 1. The van der Waals surface area contributed by atoms with Gasteiger partial charge < -0.3 is 14.5 Å². The van der Waals surface area contributed by atoms with E-state index in [9.17, 15) is 0 Å². The zero-order chi connectivity index (χ0) is 16.5. The number of nitrogens with zero attached hydrogens (tertiary/aromatic N) is 5. The third-order valence-electron chi connectivity index (χ3n) is 4.71. The summed E-state index contributed by atoms with van der Waals surface area (Å²) in [7, 11) is 0. The fourth-order valence-corrected chi connectivity index (χ4v) is 3.38. The van der Waals surface area contributed by atoms with Gasteiger partial charge in [0.15, 0.2) is 11.4 Å². The normalized spacial score (nSPS) is 16.2. The molecule has 0 amide bonds. The maximum atomic E-state index is 9.10. The minimum absolute atomic E-state index is 0.106. The van der Waals surface area contributed by atoms with Crippen LogP contribution in [0.25, 0.3) is 11.0 Å². The SMILES string of the molecule is CCc1[nH]nc2ncnc(N3CCC(c4cc(CO)on4)CC3)c12. The first-order valence-corrected chi connectivity index (χ1v) is 8.29. The van der Waals surface area contributed by atoms with Crippen molar-refractivity contribution in [2.75, 3.05) is 18.0 Å². The summed E-state index contributed by atoms with van der Waals surface area (Å²) >= 11 is 0. The smallest absolute Gasteiger partial charge is 0.186 e. The Morgan fingerprint density at radius 2 is 2.17 bits per heavy atom. The Morgan fingerprint density at radius 3 is 2.88 bits per heavy atom. The molecule has 24 heavy (non-hydrogen) atoms. The number of aliphatic hydroxyl groups is 1. The van der Waals surface area contributed by atoms with Crippen molar-refractivity contribution in [1.82, 2.24) is 25.3 Å². The maximum Gasteiger partial charge on any atom is 0.186 e. The Balaban J connectivity index is 1.55. The lowest BCUT2D eigenvalue weighted by molar-refractivity contribution is 0.228. The lowest BCUT2D eigenvalue weighted by Crippen LogP contribution is -2.33. The summed E-state index contributed by atoms with van der Waals surface area (Å²) in [6, 6.07) is 1.86. The summed E-state index contributed by atoms with van der Waals surface area (Å²) in [5.41, 5.74) is 2.74. The monoisotopic (exact) mass is 328 g/mol. The first-order chi connectivity index (χ1) is 11.8. The van der Waals surface area contributed by atoms with Crippen molar-refractivity contribution in [3.05, 3.63) is 29.5 Å². The van der Waals surface area contributed by atoms with E-state index < -0.39 is 0 Å². The summed E-state index contributed by atoms with van der Waals surface area (Å²) in [6.45, 7) is 3.78. The molecule has 0 radical (unpaired) electrons. The fraction of sp³-hybridized carbons (Fsp3) is 0.500. The number of aliphatic hydroxyl groups excluding tert-OH is 1. The molecular formula is C16H20N6O2. The molecule has 126 valence electrons. The highest BCUT2D eigenvalue weighted by Crippen LogP contribution is 2.32. The molecule has 3 aromatic rings. The number of anilines is 1. The standard InChI is InChI=1S/C16H20N6O2/c1-2-12-14-15(20-19-12)17-9-18-16(14)22-5-3-10(4-6-22)13-7-11(8-23)24-21-13/h7,9-10,23H,2-6,8H2,1H3,(H,17,18,19,20). The van der Waals surface area contributed by atoms with E-state index in [1.54, 1.807) is 6.33 Å². The number of aryl methyl sites for hydroxylation is 1. The molecule has 4 heterocycles. The first-order valence-electron chi connectivity index (χ1n) is 8.29. The summed E-state index contributed by atoms with van der Waals surface area (Å²) in [4.78, 5) is 11.1. The number of aromatic amines is 1. The maximum absolute atomic E-state index is 9.10. The summed E-state index contributed by atoms with van der Waals surface area (Å²) < 4.78 is 5.11. The van der Waals surface area contributed by atoms with E-state index in [2.05, 4.69) is 37.1 Å². The van der Waals surface area contributed by atoms with Gasteiger partial charge in [0.05, 0.1) is 11.1 Å². The minimum Gasteiger partial charge on any atom is -0.388 e. The predicted molar refractivity (Wildman–Crippen MR) is 87.7 cm³/mol. The van der Waals surface area contributed by atoms with Crippen LogP contribution >= 0.6 is 0 Å². The number of aromatic nitrogens is 5. The fourth-order valence-electron chi connectivity index (χ4n) is 3.38. The molecule has 0 spiro atoms. The molecule has 0 bridgehead atoms. The van der Waals surface area contributed by atoms with E-state index in [0.717, 1.165) is 60.6 Å². The van der Waals surface area contributed by atoms with Crippen LogP contribution in [0.2, 0.25) is 0 Å². The highest BCUT2D eigenvalue weighted by Gasteiger charge is 2.26. The molecule has 2 N–H and O–H groups in total. The molecule has 0 aromatic carbocycles. The number of hydrogen-bond acceptors (Lipinski definition) is 7. The Hall–Kier alpha value is -2.48. The zero-order valence-electron chi connectivity index (χ0n) is 13.6. The molecule has 1 aliphatic heterocycles. The third-order valence-corrected chi connectivity index (χ3v) is 4.71. The van der Waals surface area contributed by atoms with E-state index in [1.165, 1.54) is 0 Å². The lowest BCUT2D eigenvalue weighted by Gasteiger charge is -2.32. The van der Waals surface area contributed by atoms with E-state index in [-0.39, 0.29) is 6.61 Å². The van der Waals surface area contributed by atoms with Crippen molar-refractivity contribution in [2.45, 2.75) is 38.7 Å². The molecule has 1 aliphatic rings. The molecule has 8 nitrogen and oxygen atoms in total. The molecule has 0 unspecified atom stereocenters. The number of hydrogen-bond donors (Lipinski definition) is 2. The Bertz CT molecular complexity index is 834. The summed E-state index contributed by atoms with van der Waals surface area (Å²) in [5.74, 6) is 1.84. The molecule has 1 saturated heterocycles. The van der Waals surface area contributed by atoms with Crippen LogP contribution in [0.3, 0.4) is 0 Å². The van der Waals surface area contributed by atoms with Crippen molar-refractivity contribution >= 4 is 16.9 Å². The van der Waals surface area contributed by atoms with Gasteiger partial charge in [-0.2, -0.15) is 5.10 Å². The Labute approximate surface area is 138 Å². The van der Waals surface area contributed by atoms with Gasteiger partial charge in [0.2, 0.25) is 0 Å². The van der Waals surface area contributed by atoms with Crippen LogP contribution in [0, 0.1) is 0 Å². The van der Waals surface area contributed by atoms with Crippen LogP contribution < -0.4 is 4.90 Å². The molecule has 4 rings (SSSR count). The second-order valence-electron chi connectivity index (χ2n) is 6.09. The second-order valence-corrected chi connectivity index (χ2v) is 6.09. The average molecular weight is 328 g/mol. The van der Waals surface area contributed by atoms with Crippen molar-refractivity contribution < 1.29 is 9.63 Å². The van der Waals surface area contributed by atoms with Crippen molar-refractivity contribution in [3.63, 3.8) is 0 Å². The topological polar surface area (TPSA) is 104 Å². The van der Waals surface area contributed by atoms with E-state index in [4.69, 9.17) is 9.63 Å². The number of fused-ring (bicyclic) bond motifs is 1. The van der Waals surface area contributed by atoms with Gasteiger partial charge in [-0.3, -0.25) is 5.10 Å². The Morgan fingerprint density at radius 1 is 1.33 bits per heavy atom. The second kappa shape index (κ2) is 6.20. The third kappa shape index (κ3) is 2.52. The molecule has 0 aliphatic carbocycles. The number of nitrogens with one attached hydrogen (secondary N) is 1. The molecule has 0 saturated carbocycles. The van der Waals surface area contributed by atoms with Crippen LogP contribution in [0.15, 0.2) is 16.9 Å². The van der Waals surface area contributed by atoms with Crippen LogP contribution in [-0.2, 0) is 13.0 Å². The van der Waals surface area contributed by atoms with Crippen molar-refractivity contribution in [3.8, 4) is 0 Å². The van der Waals surface area contributed by atoms with Gasteiger partial charge in [-0.05, 0) is 19.3 Å². The number of rotatable bonds is 4. The van der Waals surface area contributed by atoms with Crippen LogP contribution in [0.1, 0.15) is 42.8 Å². The highest BCUT2D eigenvalue weighted by atomic mass is 16.5. The van der Waals surface area contributed by atoms with Gasteiger partial charge >= 0.3 is 0 Å². The molecule has 3 aromatic heterocycles. The molecule has 0 atom stereocenters. The Kier molecular flexibility index (Phi) is 3.89. The lowest BCUT2D eigenvalue weighted by atomic mass is 9.93. The molecule has 8 heteroatoms. The van der Waals surface area contributed by atoms with Crippen LogP contribution in [0.4, 0.5) is 5.82 Å². The highest BCUT2D eigenvalue weighted by molar-refractivity contribution is 5.89. The van der Waals surface area contributed by atoms with Crippen molar-refractivity contribution in [2.24, 2.45) is 0 Å². The van der Waals surface area contributed by atoms with Gasteiger partial charge in [-0.15, -0.1) is 0 Å².